The maximum atomic E-state index is 6.02. The van der Waals surface area contributed by atoms with Gasteiger partial charge < -0.3 is 5.32 Å². The van der Waals surface area contributed by atoms with Crippen molar-refractivity contribution >= 4 is 33.3 Å². The molecule has 98 valence electrons. The Morgan fingerprint density at radius 1 is 1.26 bits per heavy atom. The standard InChI is InChI=1S/C14H13BrClN3/c1-17-14-9-3-2-4-12(9)18-13(19-14)8-5-6-11(16)10(15)7-8/h5-7H,2-4H2,1H3,(H,17,18,19). The van der Waals surface area contributed by atoms with Crippen LogP contribution in [0.5, 0.6) is 0 Å². The van der Waals surface area contributed by atoms with Crippen LogP contribution in [-0.2, 0) is 12.8 Å². The van der Waals surface area contributed by atoms with Crippen LogP contribution in [0.15, 0.2) is 22.7 Å². The molecule has 1 aromatic heterocycles. The number of benzene rings is 1. The maximum absolute atomic E-state index is 6.02. The Labute approximate surface area is 125 Å². The molecule has 3 rings (SSSR count). The average molecular weight is 339 g/mol. The fraction of sp³-hybridized carbons (Fsp3) is 0.286. The molecule has 1 heterocycles. The first kappa shape index (κ1) is 12.9. The Kier molecular flexibility index (Phi) is 3.46. The number of nitrogens with zero attached hydrogens (tertiary/aromatic N) is 2. The lowest BCUT2D eigenvalue weighted by Gasteiger charge is -2.10. The van der Waals surface area contributed by atoms with Crippen LogP contribution in [0.25, 0.3) is 11.4 Å². The summed E-state index contributed by atoms with van der Waals surface area (Å²) in [6.07, 6.45) is 3.26. The third-order valence-corrected chi connectivity index (χ3v) is 4.56. The van der Waals surface area contributed by atoms with Gasteiger partial charge in [-0.15, -0.1) is 0 Å². The Morgan fingerprint density at radius 3 is 2.84 bits per heavy atom. The summed E-state index contributed by atoms with van der Waals surface area (Å²) in [5, 5.41) is 3.87. The van der Waals surface area contributed by atoms with Gasteiger partial charge in [-0.2, -0.15) is 0 Å². The summed E-state index contributed by atoms with van der Waals surface area (Å²) in [5.74, 6) is 1.70. The van der Waals surface area contributed by atoms with Crippen LogP contribution in [0.3, 0.4) is 0 Å². The van der Waals surface area contributed by atoms with E-state index in [0.717, 1.165) is 40.9 Å². The molecular formula is C14H13BrClN3. The zero-order valence-corrected chi connectivity index (χ0v) is 12.8. The van der Waals surface area contributed by atoms with E-state index in [9.17, 15) is 0 Å². The van der Waals surface area contributed by atoms with E-state index in [-0.39, 0.29) is 0 Å². The van der Waals surface area contributed by atoms with Crippen LogP contribution >= 0.6 is 27.5 Å². The molecule has 0 saturated heterocycles. The number of anilines is 1. The van der Waals surface area contributed by atoms with Gasteiger partial charge >= 0.3 is 0 Å². The number of rotatable bonds is 2. The molecule has 3 nitrogen and oxygen atoms in total. The lowest BCUT2D eigenvalue weighted by molar-refractivity contribution is 0.900. The first-order valence-electron chi connectivity index (χ1n) is 6.22. The summed E-state index contributed by atoms with van der Waals surface area (Å²) in [6, 6.07) is 5.76. The highest BCUT2D eigenvalue weighted by molar-refractivity contribution is 9.10. The van der Waals surface area contributed by atoms with Crippen LogP contribution < -0.4 is 5.32 Å². The van der Waals surface area contributed by atoms with Crippen molar-refractivity contribution < 1.29 is 0 Å². The third kappa shape index (κ3) is 2.35. The van der Waals surface area contributed by atoms with Gasteiger partial charge in [-0.25, -0.2) is 9.97 Å². The van der Waals surface area contributed by atoms with Crippen LogP contribution in [0.4, 0.5) is 5.82 Å². The summed E-state index contributed by atoms with van der Waals surface area (Å²) in [5.41, 5.74) is 3.40. The second kappa shape index (κ2) is 5.10. The zero-order valence-electron chi connectivity index (χ0n) is 10.5. The van der Waals surface area contributed by atoms with Gasteiger partial charge in [-0.05, 0) is 53.4 Å². The van der Waals surface area contributed by atoms with Crippen molar-refractivity contribution in [1.82, 2.24) is 9.97 Å². The normalized spacial score (nSPS) is 13.4. The van der Waals surface area contributed by atoms with Crippen LogP contribution in [0, 0.1) is 0 Å². The first-order valence-corrected chi connectivity index (χ1v) is 7.39. The molecule has 0 spiro atoms. The molecule has 0 aliphatic heterocycles. The number of hydrogen-bond acceptors (Lipinski definition) is 3. The van der Waals surface area contributed by atoms with Gasteiger partial charge in [0.15, 0.2) is 5.82 Å². The van der Waals surface area contributed by atoms with Crippen molar-refractivity contribution in [3.63, 3.8) is 0 Å². The number of aromatic nitrogens is 2. The molecule has 0 fully saturated rings. The molecule has 0 saturated carbocycles. The second-order valence-corrected chi connectivity index (χ2v) is 5.82. The van der Waals surface area contributed by atoms with E-state index in [0.29, 0.717) is 5.02 Å². The van der Waals surface area contributed by atoms with Gasteiger partial charge in [-0.1, -0.05) is 11.6 Å². The second-order valence-electron chi connectivity index (χ2n) is 4.55. The van der Waals surface area contributed by atoms with E-state index < -0.39 is 0 Å². The van der Waals surface area contributed by atoms with Gasteiger partial charge in [0, 0.05) is 28.3 Å². The van der Waals surface area contributed by atoms with E-state index in [1.54, 1.807) is 0 Å². The number of fused-ring (bicyclic) bond motifs is 1. The quantitative estimate of drug-likeness (QED) is 0.896. The molecule has 2 aromatic rings. The van der Waals surface area contributed by atoms with Crippen molar-refractivity contribution in [1.29, 1.82) is 0 Å². The fourth-order valence-corrected chi connectivity index (χ4v) is 2.90. The predicted octanol–water partition coefficient (Wildman–Crippen LogP) is 4.09. The lowest BCUT2D eigenvalue weighted by Crippen LogP contribution is -2.03. The molecule has 19 heavy (non-hydrogen) atoms. The lowest BCUT2D eigenvalue weighted by atomic mass is 10.2. The summed E-state index contributed by atoms with van der Waals surface area (Å²) < 4.78 is 0.863. The fourth-order valence-electron chi connectivity index (χ4n) is 2.40. The SMILES string of the molecule is CNc1nc(-c2ccc(Cl)c(Br)c2)nc2c1CCC2. The number of hydrogen-bond donors (Lipinski definition) is 1. The van der Waals surface area contributed by atoms with Gasteiger partial charge in [0.1, 0.15) is 5.82 Å². The minimum absolute atomic E-state index is 0.693. The monoisotopic (exact) mass is 337 g/mol. The summed E-state index contributed by atoms with van der Waals surface area (Å²) >= 11 is 9.46. The van der Waals surface area contributed by atoms with Gasteiger partial charge in [0.2, 0.25) is 0 Å². The van der Waals surface area contributed by atoms with Crippen LogP contribution in [-0.4, -0.2) is 17.0 Å². The van der Waals surface area contributed by atoms with E-state index in [4.69, 9.17) is 11.6 Å². The highest BCUT2D eigenvalue weighted by Gasteiger charge is 2.19. The molecule has 0 unspecified atom stereocenters. The molecule has 5 heteroatoms. The molecule has 0 bridgehead atoms. The molecule has 0 amide bonds. The maximum Gasteiger partial charge on any atom is 0.161 e. The van der Waals surface area contributed by atoms with Gasteiger partial charge in [0.05, 0.1) is 5.02 Å². The predicted molar refractivity (Wildman–Crippen MR) is 81.7 cm³/mol. The van der Waals surface area contributed by atoms with Crippen molar-refractivity contribution in [3.8, 4) is 11.4 Å². The van der Waals surface area contributed by atoms with Gasteiger partial charge in [0.25, 0.3) is 0 Å². The van der Waals surface area contributed by atoms with Crippen molar-refractivity contribution in [2.75, 3.05) is 12.4 Å². The largest absolute Gasteiger partial charge is 0.373 e. The minimum atomic E-state index is 0.693. The molecule has 0 radical (unpaired) electrons. The summed E-state index contributed by atoms with van der Waals surface area (Å²) in [4.78, 5) is 9.31. The van der Waals surface area contributed by atoms with Crippen LogP contribution in [0.1, 0.15) is 17.7 Å². The van der Waals surface area contributed by atoms with E-state index in [1.807, 2.05) is 25.2 Å². The molecule has 1 aliphatic rings. The Bertz CT molecular complexity index is 643. The van der Waals surface area contributed by atoms with E-state index >= 15 is 0 Å². The smallest absolute Gasteiger partial charge is 0.161 e. The Morgan fingerprint density at radius 2 is 2.11 bits per heavy atom. The topological polar surface area (TPSA) is 37.8 Å². The molecule has 1 N–H and O–H groups in total. The third-order valence-electron chi connectivity index (χ3n) is 3.35. The molecule has 1 aliphatic carbocycles. The number of halogens is 2. The molecule has 1 aromatic carbocycles. The zero-order chi connectivity index (χ0) is 13.4. The first-order chi connectivity index (χ1) is 9.19. The summed E-state index contributed by atoms with van der Waals surface area (Å²) in [7, 11) is 1.91. The summed E-state index contributed by atoms with van der Waals surface area (Å²) in [6.45, 7) is 0. The average Bonchev–Trinajstić information content (AvgIpc) is 2.89. The van der Waals surface area contributed by atoms with E-state index in [2.05, 4.69) is 31.2 Å². The molecule has 0 atom stereocenters. The minimum Gasteiger partial charge on any atom is -0.373 e. The van der Waals surface area contributed by atoms with Gasteiger partial charge in [-0.3, -0.25) is 0 Å². The Hall–Kier alpha value is -1.13. The number of aryl methyl sites for hydroxylation is 1. The van der Waals surface area contributed by atoms with Crippen molar-refractivity contribution in [2.24, 2.45) is 0 Å². The highest BCUT2D eigenvalue weighted by Crippen LogP contribution is 2.31. The molecular weight excluding hydrogens is 326 g/mol. The van der Waals surface area contributed by atoms with Crippen molar-refractivity contribution in [3.05, 3.63) is 39.0 Å². The van der Waals surface area contributed by atoms with Crippen LogP contribution in [0.2, 0.25) is 5.02 Å². The van der Waals surface area contributed by atoms with Crippen molar-refractivity contribution in [2.45, 2.75) is 19.3 Å². The van der Waals surface area contributed by atoms with E-state index in [1.165, 1.54) is 11.3 Å². The number of nitrogens with one attached hydrogen (secondary N) is 1. The Balaban J connectivity index is 2.12. The highest BCUT2D eigenvalue weighted by atomic mass is 79.9.